The lowest BCUT2D eigenvalue weighted by Crippen LogP contribution is -2.28. The van der Waals surface area contributed by atoms with E-state index in [0.717, 1.165) is 6.54 Å². The van der Waals surface area contributed by atoms with Gasteiger partial charge in [-0.15, -0.1) is 0 Å². The van der Waals surface area contributed by atoms with Crippen LogP contribution in [-0.4, -0.2) is 12.6 Å². The second-order valence-electron chi connectivity index (χ2n) is 4.57. The van der Waals surface area contributed by atoms with Crippen LogP contribution in [0.3, 0.4) is 0 Å². The number of rotatable bonds is 8. The normalized spacial score (nSPS) is 12.6. The van der Waals surface area contributed by atoms with Gasteiger partial charge in [-0.2, -0.15) is 0 Å². The van der Waals surface area contributed by atoms with Crippen LogP contribution in [0.15, 0.2) is 28.7 Å². The number of nitrogens with one attached hydrogen (secondary N) is 1. The highest BCUT2D eigenvalue weighted by Crippen LogP contribution is 2.14. The monoisotopic (exact) mass is 297 g/mol. The Hall–Kier alpha value is -0.340. The van der Waals surface area contributed by atoms with Gasteiger partial charge in [-0.25, -0.2) is 0 Å². The Bertz CT molecular complexity index is 306. The average molecular weight is 298 g/mol. The van der Waals surface area contributed by atoms with Crippen LogP contribution in [0.5, 0.6) is 0 Å². The molecule has 0 aliphatic heterocycles. The smallest absolute Gasteiger partial charge is 0.0177 e. The lowest BCUT2D eigenvalue weighted by molar-refractivity contribution is 0.447. The minimum atomic E-state index is 0.706. The number of aryl methyl sites for hydroxylation is 1. The van der Waals surface area contributed by atoms with Gasteiger partial charge in [0, 0.05) is 10.5 Å². The van der Waals surface area contributed by atoms with Gasteiger partial charge in [0.15, 0.2) is 0 Å². The van der Waals surface area contributed by atoms with Crippen molar-refractivity contribution in [3.63, 3.8) is 0 Å². The molecule has 0 bridgehead atoms. The molecule has 0 heterocycles. The minimum absolute atomic E-state index is 0.706. The Labute approximate surface area is 114 Å². The highest BCUT2D eigenvalue weighted by molar-refractivity contribution is 9.10. The Kier molecular flexibility index (Phi) is 7.54. The van der Waals surface area contributed by atoms with Crippen LogP contribution in [0, 0.1) is 0 Å². The molecule has 0 saturated carbocycles. The fourth-order valence-electron chi connectivity index (χ4n) is 2.23. The van der Waals surface area contributed by atoms with Gasteiger partial charge in [0.05, 0.1) is 0 Å². The van der Waals surface area contributed by atoms with E-state index in [1.165, 1.54) is 42.1 Å². The van der Waals surface area contributed by atoms with E-state index in [1.807, 2.05) is 0 Å². The predicted octanol–water partition coefficient (Wildman–Crippen LogP) is 4.55. The third kappa shape index (κ3) is 6.23. The molecule has 0 saturated heterocycles. The zero-order valence-corrected chi connectivity index (χ0v) is 12.6. The lowest BCUT2D eigenvalue weighted by atomic mass is 10.0. The number of benzene rings is 1. The molecule has 0 aromatic heterocycles. The van der Waals surface area contributed by atoms with Gasteiger partial charge in [-0.3, -0.25) is 0 Å². The minimum Gasteiger partial charge on any atom is -0.314 e. The van der Waals surface area contributed by atoms with E-state index in [-0.39, 0.29) is 0 Å². The molecule has 1 nitrogen and oxygen atoms in total. The van der Waals surface area contributed by atoms with Crippen LogP contribution in [0.1, 0.15) is 45.1 Å². The molecule has 17 heavy (non-hydrogen) atoms. The quantitative estimate of drug-likeness (QED) is 0.742. The summed E-state index contributed by atoms with van der Waals surface area (Å²) in [6, 6.07) is 9.35. The van der Waals surface area contributed by atoms with E-state index < -0.39 is 0 Å². The largest absolute Gasteiger partial charge is 0.314 e. The van der Waals surface area contributed by atoms with Crippen LogP contribution in [0.2, 0.25) is 0 Å². The highest BCUT2D eigenvalue weighted by atomic mass is 79.9. The molecule has 0 amide bonds. The molecule has 0 aliphatic rings. The summed E-state index contributed by atoms with van der Waals surface area (Å²) in [7, 11) is 0. The Morgan fingerprint density at radius 1 is 1.24 bits per heavy atom. The van der Waals surface area contributed by atoms with Gasteiger partial charge in [-0.05, 0) is 49.9 Å². The fraction of sp³-hybridized carbons (Fsp3) is 0.600. The molecule has 2 heteroatoms. The standard InChI is InChI=1S/C15H24BrN/c1-3-7-15(17-4-2)11-6-9-13-8-5-10-14(16)12-13/h5,8,10,12,15,17H,3-4,6-7,9,11H2,1-2H3. The van der Waals surface area contributed by atoms with Crippen molar-refractivity contribution in [1.29, 1.82) is 0 Å². The second kappa shape index (κ2) is 8.71. The van der Waals surface area contributed by atoms with E-state index in [9.17, 15) is 0 Å². The predicted molar refractivity (Wildman–Crippen MR) is 79.5 cm³/mol. The molecule has 0 spiro atoms. The van der Waals surface area contributed by atoms with Crippen molar-refractivity contribution < 1.29 is 0 Å². The zero-order valence-electron chi connectivity index (χ0n) is 11.0. The molecule has 96 valence electrons. The van der Waals surface area contributed by atoms with E-state index in [4.69, 9.17) is 0 Å². The summed E-state index contributed by atoms with van der Waals surface area (Å²) in [5.41, 5.74) is 1.44. The molecule has 1 N–H and O–H groups in total. The molecule has 1 atom stereocenters. The summed E-state index contributed by atoms with van der Waals surface area (Å²) in [6.45, 7) is 5.54. The highest BCUT2D eigenvalue weighted by Gasteiger charge is 2.05. The number of hydrogen-bond acceptors (Lipinski definition) is 1. The van der Waals surface area contributed by atoms with Crippen LogP contribution in [0.4, 0.5) is 0 Å². The van der Waals surface area contributed by atoms with Crippen molar-refractivity contribution in [1.82, 2.24) is 5.32 Å². The summed E-state index contributed by atoms with van der Waals surface area (Å²) >= 11 is 3.52. The molecule has 1 unspecified atom stereocenters. The molecular formula is C15H24BrN. The first-order chi connectivity index (χ1) is 8.26. The maximum absolute atomic E-state index is 3.57. The molecular weight excluding hydrogens is 274 g/mol. The van der Waals surface area contributed by atoms with Crippen molar-refractivity contribution in [3.8, 4) is 0 Å². The fourth-order valence-corrected chi connectivity index (χ4v) is 2.68. The van der Waals surface area contributed by atoms with E-state index in [0.29, 0.717) is 6.04 Å². The summed E-state index contributed by atoms with van der Waals surface area (Å²) in [6.07, 6.45) is 6.31. The molecule has 0 fully saturated rings. The van der Waals surface area contributed by atoms with E-state index in [2.05, 4.69) is 59.4 Å². The SMILES string of the molecule is CCCC(CCCc1cccc(Br)c1)NCC. The first-order valence-corrected chi connectivity index (χ1v) is 7.53. The molecule has 0 aliphatic carbocycles. The average Bonchev–Trinajstić information content (AvgIpc) is 2.30. The van der Waals surface area contributed by atoms with Gasteiger partial charge in [0.25, 0.3) is 0 Å². The number of hydrogen-bond donors (Lipinski definition) is 1. The van der Waals surface area contributed by atoms with E-state index >= 15 is 0 Å². The Morgan fingerprint density at radius 3 is 2.71 bits per heavy atom. The maximum atomic E-state index is 3.57. The van der Waals surface area contributed by atoms with Gasteiger partial charge < -0.3 is 5.32 Å². The zero-order chi connectivity index (χ0) is 12.5. The summed E-state index contributed by atoms with van der Waals surface area (Å²) in [5.74, 6) is 0. The van der Waals surface area contributed by atoms with Crippen LogP contribution in [-0.2, 0) is 6.42 Å². The Balaban J connectivity index is 2.30. The Morgan fingerprint density at radius 2 is 2.06 bits per heavy atom. The third-order valence-electron chi connectivity index (χ3n) is 3.04. The third-order valence-corrected chi connectivity index (χ3v) is 3.53. The van der Waals surface area contributed by atoms with Gasteiger partial charge in [0.2, 0.25) is 0 Å². The summed E-state index contributed by atoms with van der Waals surface area (Å²) < 4.78 is 1.19. The first kappa shape index (κ1) is 14.7. The topological polar surface area (TPSA) is 12.0 Å². The van der Waals surface area contributed by atoms with Crippen molar-refractivity contribution in [2.45, 2.75) is 52.0 Å². The van der Waals surface area contributed by atoms with E-state index in [1.54, 1.807) is 0 Å². The van der Waals surface area contributed by atoms with Gasteiger partial charge >= 0.3 is 0 Å². The molecule has 1 rings (SSSR count). The molecule has 0 radical (unpaired) electrons. The summed E-state index contributed by atoms with van der Waals surface area (Å²) in [5, 5.41) is 3.57. The maximum Gasteiger partial charge on any atom is 0.0177 e. The second-order valence-corrected chi connectivity index (χ2v) is 5.48. The van der Waals surface area contributed by atoms with Crippen molar-refractivity contribution >= 4 is 15.9 Å². The number of halogens is 1. The van der Waals surface area contributed by atoms with Crippen molar-refractivity contribution in [3.05, 3.63) is 34.3 Å². The van der Waals surface area contributed by atoms with Crippen LogP contribution >= 0.6 is 15.9 Å². The summed E-state index contributed by atoms with van der Waals surface area (Å²) in [4.78, 5) is 0. The lowest BCUT2D eigenvalue weighted by Gasteiger charge is -2.16. The molecule has 1 aromatic carbocycles. The van der Waals surface area contributed by atoms with Crippen molar-refractivity contribution in [2.24, 2.45) is 0 Å². The first-order valence-electron chi connectivity index (χ1n) is 6.74. The van der Waals surface area contributed by atoms with Crippen molar-refractivity contribution in [2.75, 3.05) is 6.54 Å². The van der Waals surface area contributed by atoms with Gasteiger partial charge in [0.1, 0.15) is 0 Å². The molecule has 1 aromatic rings. The van der Waals surface area contributed by atoms with Crippen LogP contribution in [0.25, 0.3) is 0 Å². The van der Waals surface area contributed by atoms with Crippen LogP contribution < -0.4 is 5.32 Å². The van der Waals surface area contributed by atoms with Gasteiger partial charge in [-0.1, -0.05) is 48.3 Å².